The Balaban J connectivity index is 1.32. The van der Waals surface area contributed by atoms with Crippen LogP contribution < -0.4 is 15.2 Å². The van der Waals surface area contributed by atoms with Crippen molar-refractivity contribution in [3.05, 3.63) is 94.1 Å². The van der Waals surface area contributed by atoms with Crippen LogP contribution in [0.4, 0.5) is 0 Å². The van der Waals surface area contributed by atoms with E-state index in [2.05, 4.69) is 29.2 Å². The number of amides is 1. The Bertz CT molecular complexity index is 1700. The van der Waals surface area contributed by atoms with Gasteiger partial charge in [0.25, 0.3) is 0 Å². The molecule has 5 aromatic rings. The highest BCUT2D eigenvalue weighted by molar-refractivity contribution is 5.85. The number of nitrogens with one attached hydrogen (secondary N) is 1. The fourth-order valence-electron chi connectivity index (χ4n) is 5.43. The first-order valence-electron chi connectivity index (χ1n) is 13.3. The van der Waals surface area contributed by atoms with Gasteiger partial charge in [-0.2, -0.15) is 0 Å². The number of fused-ring (bicyclic) bond motifs is 6. The normalized spacial score (nSPS) is 14.5. The van der Waals surface area contributed by atoms with E-state index in [1.54, 1.807) is 19.2 Å². The van der Waals surface area contributed by atoms with Crippen molar-refractivity contribution < 1.29 is 18.7 Å². The molecule has 2 aromatic heterocycles. The van der Waals surface area contributed by atoms with Gasteiger partial charge in [-0.05, 0) is 60.7 Å². The number of hydrogen-bond acceptors (Lipinski definition) is 5. The third-order valence-corrected chi connectivity index (χ3v) is 7.44. The molecule has 1 aliphatic rings. The number of nitrogens with zero attached hydrogens (tertiary/aromatic N) is 2. The number of hydrogen-bond donors (Lipinski definition) is 1. The molecule has 0 atom stereocenters. The lowest BCUT2D eigenvalue weighted by atomic mass is 10.0. The zero-order valence-electron chi connectivity index (χ0n) is 21.9. The van der Waals surface area contributed by atoms with Crippen molar-refractivity contribution in [1.82, 2.24) is 14.5 Å². The monoisotopic (exact) mass is 525 g/mol. The van der Waals surface area contributed by atoms with Crippen LogP contribution in [0.1, 0.15) is 29.7 Å². The number of carbonyl (C=O) groups is 1. The number of methoxy groups -OCH3 is 1. The van der Waals surface area contributed by atoms with Gasteiger partial charge in [-0.15, -0.1) is 0 Å². The Hall–Kier alpha value is -4.46. The van der Waals surface area contributed by atoms with Gasteiger partial charge >= 0.3 is 5.76 Å². The molecule has 8 nitrogen and oxygen atoms in total. The van der Waals surface area contributed by atoms with Gasteiger partial charge in [0.1, 0.15) is 6.54 Å². The average Bonchev–Trinajstić information content (AvgIpc) is 3.46. The summed E-state index contributed by atoms with van der Waals surface area (Å²) in [5.74, 6) is 0.806. The lowest BCUT2D eigenvalue weighted by Crippen LogP contribution is -2.38. The molecule has 0 spiro atoms. The van der Waals surface area contributed by atoms with E-state index in [1.807, 2.05) is 35.2 Å². The van der Waals surface area contributed by atoms with Gasteiger partial charge in [-0.3, -0.25) is 9.36 Å². The lowest BCUT2D eigenvalue weighted by molar-refractivity contribution is -0.132. The predicted molar refractivity (Wildman–Crippen MR) is 150 cm³/mol. The summed E-state index contributed by atoms with van der Waals surface area (Å²) in [6, 6.07) is 21.5. The molecule has 1 amide bonds. The molecule has 0 fully saturated rings. The van der Waals surface area contributed by atoms with E-state index < -0.39 is 5.76 Å². The van der Waals surface area contributed by atoms with Crippen LogP contribution in [0.15, 0.2) is 75.9 Å². The van der Waals surface area contributed by atoms with Crippen LogP contribution in [-0.2, 0) is 24.2 Å². The van der Waals surface area contributed by atoms with Crippen LogP contribution in [0.5, 0.6) is 11.5 Å². The van der Waals surface area contributed by atoms with Crippen LogP contribution in [0.3, 0.4) is 0 Å². The molecule has 0 saturated heterocycles. The maximum absolute atomic E-state index is 13.6. The summed E-state index contributed by atoms with van der Waals surface area (Å²) in [6.45, 7) is 1.58. The summed E-state index contributed by atoms with van der Waals surface area (Å²) in [4.78, 5) is 31.6. The van der Waals surface area contributed by atoms with Crippen LogP contribution in [0, 0.1) is 0 Å². The van der Waals surface area contributed by atoms with Gasteiger partial charge < -0.3 is 23.8 Å². The first-order chi connectivity index (χ1) is 19.1. The molecule has 0 radical (unpaired) electrons. The van der Waals surface area contributed by atoms with Gasteiger partial charge in [0, 0.05) is 36.1 Å². The standard InChI is InChI=1S/C31H31N3O5/c1-37-28-13-12-21-18-25-23(22-8-2-3-9-24(22)32-25)14-16-33(15-6-7-17-38-29(28)19-21)30(35)20-34-26-10-4-5-11-27(26)39-31(34)36/h2-5,8-13,19,32H,6-7,14-18,20H2,1H3. The van der Waals surface area contributed by atoms with E-state index in [-0.39, 0.29) is 12.5 Å². The number of aromatic amines is 1. The van der Waals surface area contributed by atoms with Gasteiger partial charge in [-0.1, -0.05) is 36.4 Å². The van der Waals surface area contributed by atoms with Crippen molar-refractivity contribution in [2.75, 3.05) is 26.8 Å². The molecule has 2 bridgehead atoms. The van der Waals surface area contributed by atoms with E-state index in [1.165, 1.54) is 10.1 Å². The Labute approximate surface area is 225 Å². The van der Waals surface area contributed by atoms with Gasteiger partial charge in [0.05, 0.1) is 19.2 Å². The maximum Gasteiger partial charge on any atom is 0.420 e. The fourth-order valence-corrected chi connectivity index (χ4v) is 5.43. The van der Waals surface area contributed by atoms with Gasteiger partial charge in [0.2, 0.25) is 5.91 Å². The molecule has 0 aliphatic carbocycles. The third kappa shape index (κ3) is 5.02. The lowest BCUT2D eigenvalue weighted by Gasteiger charge is -2.24. The minimum atomic E-state index is -0.519. The van der Waals surface area contributed by atoms with Crippen LogP contribution in [0.2, 0.25) is 0 Å². The van der Waals surface area contributed by atoms with Crippen LogP contribution in [0.25, 0.3) is 22.0 Å². The molecule has 1 aliphatic heterocycles. The second-order valence-electron chi connectivity index (χ2n) is 9.90. The number of para-hydroxylation sites is 3. The molecule has 8 heteroatoms. The van der Waals surface area contributed by atoms with Crippen LogP contribution >= 0.6 is 0 Å². The molecule has 200 valence electrons. The summed E-state index contributed by atoms with van der Waals surface area (Å²) < 4.78 is 18.4. The molecular weight excluding hydrogens is 494 g/mol. The topological polar surface area (TPSA) is 89.7 Å². The minimum absolute atomic E-state index is 0.0607. The van der Waals surface area contributed by atoms with Crippen molar-refractivity contribution >= 4 is 27.9 Å². The van der Waals surface area contributed by atoms with Gasteiger partial charge in [0.15, 0.2) is 17.1 Å². The van der Waals surface area contributed by atoms with Crippen molar-refractivity contribution in [1.29, 1.82) is 0 Å². The number of aromatic nitrogens is 2. The second kappa shape index (κ2) is 10.7. The van der Waals surface area contributed by atoms with E-state index in [9.17, 15) is 9.59 Å². The molecule has 1 N–H and O–H groups in total. The van der Waals surface area contributed by atoms with Crippen molar-refractivity contribution in [2.45, 2.75) is 32.2 Å². The smallest absolute Gasteiger partial charge is 0.420 e. The molecule has 6 rings (SSSR count). The Morgan fingerprint density at radius 2 is 1.87 bits per heavy atom. The molecule has 0 unspecified atom stereocenters. The first kappa shape index (κ1) is 24.9. The molecule has 0 saturated carbocycles. The van der Waals surface area contributed by atoms with E-state index in [4.69, 9.17) is 13.9 Å². The SMILES string of the molecule is COc1ccc2cc1OCCCCN(C(=O)Cn1c(=O)oc3ccccc31)CCc1c([nH]c3ccccc13)C2. The maximum atomic E-state index is 13.6. The Morgan fingerprint density at radius 1 is 1.03 bits per heavy atom. The summed E-state index contributed by atoms with van der Waals surface area (Å²) in [6.07, 6.45) is 2.96. The summed E-state index contributed by atoms with van der Waals surface area (Å²) in [5, 5.41) is 1.16. The van der Waals surface area contributed by atoms with Crippen molar-refractivity contribution in [3.63, 3.8) is 0 Å². The van der Waals surface area contributed by atoms with Crippen molar-refractivity contribution in [2.24, 2.45) is 0 Å². The quantitative estimate of drug-likeness (QED) is 0.361. The fraction of sp³-hybridized carbons (Fsp3) is 0.290. The minimum Gasteiger partial charge on any atom is -0.493 e. The Kier molecular flexibility index (Phi) is 6.84. The first-order valence-corrected chi connectivity index (χ1v) is 13.3. The largest absolute Gasteiger partial charge is 0.493 e. The molecule has 3 aromatic carbocycles. The van der Waals surface area contributed by atoms with E-state index in [0.717, 1.165) is 40.8 Å². The molecule has 39 heavy (non-hydrogen) atoms. The van der Waals surface area contributed by atoms with Crippen LogP contribution in [-0.4, -0.2) is 47.2 Å². The van der Waals surface area contributed by atoms with Gasteiger partial charge in [-0.25, -0.2) is 4.79 Å². The highest BCUT2D eigenvalue weighted by atomic mass is 16.5. The average molecular weight is 526 g/mol. The third-order valence-electron chi connectivity index (χ3n) is 7.44. The predicted octanol–water partition coefficient (Wildman–Crippen LogP) is 4.92. The summed E-state index contributed by atoms with van der Waals surface area (Å²) in [5.41, 5.74) is 5.62. The number of oxazole rings is 1. The van der Waals surface area contributed by atoms with E-state index in [0.29, 0.717) is 49.4 Å². The zero-order valence-corrected chi connectivity index (χ0v) is 21.9. The van der Waals surface area contributed by atoms with E-state index >= 15 is 0 Å². The number of benzene rings is 3. The number of H-pyrrole nitrogens is 1. The Morgan fingerprint density at radius 3 is 2.77 bits per heavy atom. The number of rotatable bonds is 3. The summed E-state index contributed by atoms with van der Waals surface area (Å²) >= 11 is 0. The zero-order chi connectivity index (χ0) is 26.8. The summed E-state index contributed by atoms with van der Waals surface area (Å²) in [7, 11) is 1.65. The number of ether oxygens (including phenoxy) is 2. The van der Waals surface area contributed by atoms with Crippen molar-refractivity contribution in [3.8, 4) is 11.5 Å². The highest BCUT2D eigenvalue weighted by Gasteiger charge is 2.20. The molecule has 3 heterocycles. The second-order valence-corrected chi connectivity index (χ2v) is 9.90. The molecular formula is C31H31N3O5. The number of carbonyl (C=O) groups excluding carboxylic acids is 1. The highest BCUT2D eigenvalue weighted by Crippen LogP contribution is 2.31.